The average molecular weight is 1700 g/mol. The molecule has 19 rings (SSSR count). The Kier molecular flexibility index (Phi) is 22.7. The van der Waals surface area contributed by atoms with Crippen LogP contribution in [0.5, 0.6) is 23.5 Å². The number of allylic oxidation sites excluding steroid dienone is 1. The molecule has 1 aromatic carbocycles. The second-order valence-electron chi connectivity index (χ2n) is 31.8. The highest BCUT2D eigenvalue weighted by molar-refractivity contribution is 6.29. The van der Waals surface area contributed by atoms with Crippen molar-refractivity contribution < 1.29 is 33.3 Å². The monoisotopic (exact) mass is 1700 g/mol. The Morgan fingerprint density at radius 2 is 0.935 bits per heavy atom. The fraction of sp³-hybridized carbons (Fsp3) is 0.333. The summed E-state index contributed by atoms with van der Waals surface area (Å²) in [4.78, 5) is 79.2. The summed E-state index contributed by atoms with van der Waals surface area (Å²) in [6.07, 6.45) is 30.8. The predicted octanol–water partition coefficient (Wildman–Crippen LogP) is 9.62. The first kappa shape index (κ1) is 83.2. The number of methoxy groups -OCH3 is 4. The SMILES string of the molecule is C=CC(=C)Nc1cccc(-n2cc(Nc3cn(C)nc3OC)c3ncc(Cl)n3c2=O)c1.C=CC(=O)N1CC2C(CN3C=C(Nc4cn(C)nc4OC)c4ncc(C)n4C3=C)C2C1.C=CC(=O)N1CC2C(CN3C=C(Nc4cn(C)nc4OC)c4ncc(CC)n4C3=C)C2C1.C=CC(=O)N1CC2C(CN3C=C(Nc4cn(C)nc4OC)c4nccn4C3=C)C2C1. The second-order valence-corrected chi connectivity index (χ2v) is 32.2. The van der Waals surface area contributed by atoms with E-state index >= 15 is 0 Å². The third-order valence-electron chi connectivity index (χ3n) is 24.3. The number of amides is 3. The van der Waals surface area contributed by atoms with Crippen molar-refractivity contribution in [2.24, 2.45) is 81.5 Å². The van der Waals surface area contributed by atoms with Gasteiger partial charge in [0, 0.05) is 159 Å². The Labute approximate surface area is 721 Å². The number of aromatic nitrogens is 17. The van der Waals surface area contributed by atoms with E-state index in [1.54, 1.807) is 71.8 Å². The molecule has 10 aromatic rings. The van der Waals surface area contributed by atoms with Crippen LogP contribution in [0.15, 0.2) is 192 Å². The van der Waals surface area contributed by atoms with Gasteiger partial charge in [-0.2, -0.15) is 0 Å². The number of nitrogens with zero attached hydrogens (tertiary/aromatic N) is 23. The Hall–Kier alpha value is -14.5. The lowest BCUT2D eigenvalue weighted by atomic mass is 10.2. The van der Waals surface area contributed by atoms with Crippen LogP contribution in [0.3, 0.4) is 0 Å². The van der Waals surface area contributed by atoms with Crippen molar-refractivity contribution in [1.82, 2.24) is 111 Å². The lowest BCUT2D eigenvalue weighted by Gasteiger charge is -2.32. The number of aryl methyl sites for hydroxylation is 6. The highest BCUT2D eigenvalue weighted by atomic mass is 35.5. The fourth-order valence-electron chi connectivity index (χ4n) is 17.8. The van der Waals surface area contributed by atoms with Gasteiger partial charge in [-0.3, -0.25) is 51.4 Å². The number of nitrogens with one attached hydrogen (secondary N) is 5. The molecule has 6 atom stereocenters. The Bertz CT molecular complexity index is 6090. The van der Waals surface area contributed by atoms with Crippen LogP contribution in [0.4, 0.5) is 34.1 Å². The summed E-state index contributed by atoms with van der Waals surface area (Å²) in [5, 5.41) is 34.1. The van der Waals surface area contributed by atoms with Crippen molar-refractivity contribution in [3.8, 4) is 29.2 Å². The van der Waals surface area contributed by atoms with Gasteiger partial charge in [0.15, 0.2) is 23.1 Å². The van der Waals surface area contributed by atoms with Crippen molar-refractivity contribution >= 4 is 104 Å². The molecule has 9 aliphatic rings. The number of piperidine rings is 3. The average Bonchev–Trinajstić information content (AvgIpc) is 1.58. The summed E-state index contributed by atoms with van der Waals surface area (Å²) < 4.78 is 37.2. The van der Waals surface area contributed by atoms with E-state index in [-0.39, 0.29) is 28.6 Å². The molecule has 0 spiro atoms. The minimum Gasteiger partial charge on any atom is -0.478 e. The first-order valence-corrected chi connectivity index (χ1v) is 40.9. The van der Waals surface area contributed by atoms with E-state index in [0.717, 1.165) is 151 Å². The number of imidazole rings is 4. The minimum absolute atomic E-state index is 0.0307. The van der Waals surface area contributed by atoms with Crippen molar-refractivity contribution in [2.45, 2.75) is 20.3 Å². The summed E-state index contributed by atoms with van der Waals surface area (Å²) in [7, 11) is 13.7. The Morgan fingerprint density at radius 3 is 1.37 bits per heavy atom. The summed E-state index contributed by atoms with van der Waals surface area (Å²) in [6, 6.07) is 7.33. The van der Waals surface area contributed by atoms with E-state index in [9.17, 15) is 19.2 Å². The molecule has 6 unspecified atom stereocenters. The quantitative estimate of drug-likeness (QED) is 0.0249. The maximum Gasteiger partial charge on any atom is 0.339 e. The van der Waals surface area contributed by atoms with Crippen LogP contribution in [0.1, 0.15) is 35.8 Å². The van der Waals surface area contributed by atoms with Crippen LogP contribution in [-0.2, 0) is 49.0 Å². The van der Waals surface area contributed by atoms with Gasteiger partial charge in [-0.15, -0.1) is 20.4 Å². The standard InChI is InChI=1S/C23H29N7O2.C22H27N7O2.C21H20ClN7O2.C21H25N7O2/c1-6-15-8-24-22-19(25-20-12-27(4)26-23(20)32-5)13-28(14(3)30(15)22)9-16-17-10-29(11-18(16)17)21(31)7-2;1-6-20(30)28-9-16-15(17(16)10-28)8-27-12-18(21-23-7-13(2)29(21)14(27)3)24-19-11-26(4)25-22(19)31-5;1-5-13(2)24-14-7-6-8-15(9-14)28-12-16(19-23-10-18(22)29(19)21(28)30)25-17-11-27(3)26-20(17)31-4;1-5-19(29)27-9-15-14(16(15)10-27)8-26-12-17(20-22-6-7-28(20)13(26)2)23-18-11-25(3)24-21(18)30-4/h7-8,12-13,16-18,25H,2-3,6,9-11H2,1,4-5H3;6-7,11-12,15-17,24H,1,3,8-10H2,2,4-5H3;5-12,24-25H,1-2H2,3-4H3;5-7,11-12,14-16,23H,1-2,8-10H2,3-4H3. The molecular weight excluding hydrogens is 1600 g/mol. The number of hydrogen-bond acceptors (Lipinski definition) is 24. The molecule has 0 radical (unpaired) electrons. The van der Waals surface area contributed by atoms with E-state index in [0.29, 0.717) is 105 Å². The van der Waals surface area contributed by atoms with Gasteiger partial charge < -0.3 is 74.9 Å². The number of carbonyl (C=O) groups excluding carboxylic acids is 3. The molecule has 3 amide bonds. The third-order valence-corrected chi connectivity index (χ3v) is 24.5. The Morgan fingerprint density at radius 1 is 0.516 bits per heavy atom. The predicted molar refractivity (Wildman–Crippen MR) is 475 cm³/mol. The molecule has 0 bridgehead atoms. The van der Waals surface area contributed by atoms with Crippen molar-refractivity contribution in [2.75, 3.05) is 114 Å². The summed E-state index contributed by atoms with van der Waals surface area (Å²) in [6.45, 7) is 43.0. The molecule has 3 saturated carbocycles. The van der Waals surface area contributed by atoms with Crippen LogP contribution in [-0.4, -0.2) is 216 Å². The molecule has 15 heterocycles. The highest BCUT2D eigenvalue weighted by Crippen LogP contribution is 2.55. The van der Waals surface area contributed by atoms with Gasteiger partial charge in [0.05, 0.1) is 87.9 Å². The molecule has 6 aliphatic heterocycles. The molecular formula is C87H101ClN28O8. The number of likely N-dealkylation sites (tertiary alicyclic amines) is 3. The van der Waals surface area contributed by atoms with Crippen LogP contribution in [0.2, 0.25) is 5.15 Å². The second kappa shape index (κ2) is 33.9. The van der Waals surface area contributed by atoms with E-state index < -0.39 is 0 Å². The van der Waals surface area contributed by atoms with Gasteiger partial charge in [0.25, 0.3) is 23.5 Å². The lowest BCUT2D eigenvalue weighted by Crippen LogP contribution is -2.33. The third kappa shape index (κ3) is 16.0. The molecule has 9 aromatic heterocycles. The Balaban J connectivity index is 0.000000122. The summed E-state index contributed by atoms with van der Waals surface area (Å²) >= 11 is 6.28. The van der Waals surface area contributed by atoms with Gasteiger partial charge >= 0.3 is 5.69 Å². The maximum atomic E-state index is 13.2. The lowest BCUT2D eigenvalue weighted by molar-refractivity contribution is -0.126. The zero-order valence-corrected chi connectivity index (χ0v) is 71.7. The number of anilines is 6. The number of fused-ring (bicyclic) bond motifs is 7. The van der Waals surface area contributed by atoms with Gasteiger partial charge in [0.1, 0.15) is 45.4 Å². The number of carbonyl (C=O) groups is 3. The van der Waals surface area contributed by atoms with Crippen LogP contribution >= 0.6 is 11.6 Å². The minimum atomic E-state index is -0.360. The molecule has 6 fully saturated rings. The van der Waals surface area contributed by atoms with Crippen LogP contribution < -0.4 is 51.2 Å². The van der Waals surface area contributed by atoms with Gasteiger partial charge in [-0.25, -0.2) is 29.1 Å². The summed E-state index contributed by atoms with van der Waals surface area (Å²) in [5.74, 6) is 12.1. The first-order valence-electron chi connectivity index (χ1n) is 40.6. The number of halogens is 1. The topological polar surface area (TPSA) is 332 Å². The van der Waals surface area contributed by atoms with E-state index in [1.165, 1.54) is 40.5 Å². The number of ether oxygens (including phenoxy) is 4. The largest absolute Gasteiger partial charge is 0.478 e. The highest BCUT2D eigenvalue weighted by Gasteiger charge is 2.59. The van der Waals surface area contributed by atoms with E-state index in [4.69, 9.17) is 30.5 Å². The van der Waals surface area contributed by atoms with Gasteiger partial charge in [-0.05, 0) is 109 Å². The molecule has 3 aliphatic carbocycles. The van der Waals surface area contributed by atoms with Gasteiger partial charge in [0.2, 0.25) is 17.7 Å². The van der Waals surface area contributed by atoms with E-state index in [2.05, 4.69) is 169 Å². The normalized spacial score (nSPS) is 20.6. The van der Waals surface area contributed by atoms with Crippen LogP contribution in [0, 0.1) is 60.2 Å². The van der Waals surface area contributed by atoms with Crippen molar-refractivity contribution in [3.05, 3.63) is 232 Å². The van der Waals surface area contributed by atoms with Crippen molar-refractivity contribution in [3.63, 3.8) is 0 Å². The maximum absolute atomic E-state index is 13.2. The molecule has 124 heavy (non-hydrogen) atoms. The molecule has 36 nitrogen and oxygen atoms in total. The van der Waals surface area contributed by atoms with Crippen LogP contribution in [0.25, 0.3) is 45.9 Å². The number of hydrogen-bond donors (Lipinski definition) is 5. The van der Waals surface area contributed by atoms with Gasteiger partial charge in [-0.1, -0.05) is 77.2 Å². The molecule has 3 saturated heterocycles. The molecule has 644 valence electrons. The zero-order valence-electron chi connectivity index (χ0n) is 71.0. The first-order chi connectivity index (χ1) is 59.7. The molecule has 5 N–H and O–H groups in total. The zero-order chi connectivity index (χ0) is 87.5. The smallest absolute Gasteiger partial charge is 0.339 e. The summed E-state index contributed by atoms with van der Waals surface area (Å²) in [5.41, 5.74) is 10.3. The number of rotatable bonds is 26. The molecule has 37 heteroatoms. The fourth-order valence-corrected chi connectivity index (χ4v) is 18.0. The van der Waals surface area contributed by atoms with Crippen molar-refractivity contribution in [1.29, 1.82) is 0 Å². The number of benzene rings is 1. The van der Waals surface area contributed by atoms with E-state index in [1.807, 2.05) is 109 Å².